The van der Waals surface area contributed by atoms with Crippen molar-refractivity contribution in [3.8, 4) is 0 Å². The zero-order chi connectivity index (χ0) is 17.8. The number of anilines is 1. The standard InChI is InChI=1S/C22H28N2O/c1-16-11-13-19(14-12-16)21-10-5-4-6-15-24(21)22(25)23-20-9-7-8-17(2)18(20)3/h7-9,11-14,21H,4-6,10,15H2,1-3H3,(H,23,25)/t21-/m1/s1. The molecule has 0 unspecified atom stereocenters. The Labute approximate surface area is 151 Å². The molecular formula is C22H28N2O. The predicted molar refractivity (Wildman–Crippen MR) is 104 cm³/mol. The van der Waals surface area contributed by atoms with Gasteiger partial charge in [0.05, 0.1) is 6.04 Å². The molecule has 2 amide bonds. The van der Waals surface area contributed by atoms with Gasteiger partial charge < -0.3 is 10.2 Å². The zero-order valence-electron chi connectivity index (χ0n) is 15.5. The van der Waals surface area contributed by atoms with Crippen LogP contribution >= 0.6 is 0 Å². The quantitative estimate of drug-likeness (QED) is 0.743. The van der Waals surface area contributed by atoms with Gasteiger partial charge in [-0.15, -0.1) is 0 Å². The van der Waals surface area contributed by atoms with Crippen LogP contribution < -0.4 is 5.32 Å². The molecule has 3 rings (SSSR count). The Bertz CT molecular complexity index is 736. The van der Waals surface area contributed by atoms with E-state index in [2.05, 4.69) is 56.4 Å². The molecule has 3 nitrogen and oxygen atoms in total. The third kappa shape index (κ3) is 4.04. The molecule has 1 aliphatic rings. The predicted octanol–water partition coefficient (Wildman–Crippen LogP) is 5.76. The highest BCUT2D eigenvalue weighted by Gasteiger charge is 2.27. The van der Waals surface area contributed by atoms with E-state index in [-0.39, 0.29) is 12.1 Å². The third-order valence-corrected chi connectivity index (χ3v) is 5.32. The van der Waals surface area contributed by atoms with Crippen molar-refractivity contribution in [3.05, 3.63) is 64.7 Å². The monoisotopic (exact) mass is 336 g/mol. The summed E-state index contributed by atoms with van der Waals surface area (Å²) >= 11 is 0. The van der Waals surface area contributed by atoms with Crippen LogP contribution in [0.2, 0.25) is 0 Å². The van der Waals surface area contributed by atoms with Crippen molar-refractivity contribution in [1.29, 1.82) is 0 Å². The van der Waals surface area contributed by atoms with Crippen molar-refractivity contribution < 1.29 is 4.79 Å². The molecule has 0 aromatic heterocycles. The summed E-state index contributed by atoms with van der Waals surface area (Å²) in [5.41, 5.74) is 5.74. The summed E-state index contributed by atoms with van der Waals surface area (Å²) < 4.78 is 0. The normalized spacial score (nSPS) is 17.9. The second-order valence-corrected chi connectivity index (χ2v) is 7.15. The summed E-state index contributed by atoms with van der Waals surface area (Å²) in [5, 5.41) is 3.15. The molecule has 1 aliphatic heterocycles. The van der Waals surface area contributed by atoms with Gasteiger partial charge in [0.15, 0.2) is 0 Å². The first-order valence-electron chi connectivity index (χ1n) is 9.26. The lowest BCUT2D eigenvalue weighted by atomic mass is 10.00. The van der Waals surface area contributed by atoms with Gasteiger partial charge in [-0.3, -0.25) is 0 Å². The van der Waals surface area contributed by atoms with Gasteiger partial charge >= 0.3 is 6.03 Å². The van der Waals surface area contributed by atoms with Crippen LogP contribution in [-0.2, 0) is 0 Å². The molecule has 0 saturated carbocycles. The van der Waals surface area contributed by atoms with E-state index in [4.69, 9.17) is 0 Å². The second-order valence-electron chi connectivity index (χ2n) is 7.15. The third-order valence-electron chi connectivity index (χ3n) is 5.32. The molecule has 132 valence electrons. The maximum absolute atomic E-state index is 13.0. The Balaban J connectivity index is 1.84. The van der Waals surface area contributed by atoms with E-state index < -0.39 is 0 Å². The summed E-state index contributed by atoms with van der Waals surface area (Å²) in [7, 11) is 0. The smallest absolute Gasteiger partial charge is 0.317 e. The van der Waals surface area contributed by atoms with Crippen molar-refractivity contribution in [2.75, 3.05) is 11.9 Å². The number of hydrogen-bond donors (Lipinski definition) is 1. The Kier molecular flexibility index (Phi) is 5.42. The number of benzene rings is 2. The fraction of sp³-hybridized carbons (Fsp3) is 0.409. The van der Waals surface area contributed by atoms with Crippen LogP contribution in [0, 0.1) is 20.8 Å². The van der Waals surface area contributed by atoms with E-state index in [0.717, 1.165) is 30.6 Å². The minimum Gasteiger partial charge on any atom is -0.317 e. The Hall–Kier alpha value is -2.29. The van der Waals surface area contributed by atoms with Crippen LogP contribution in [0.15, 0.2) is 42.5 Å². The number of carbonyl (C=O) groups excluding carboxylic acids is 1. The van der Waals surface area contributed by atoms with Gasteiger partial charge in [-0.25, -0.2) is 4.79 Å². The number of likely N-dealkylation sites (tertiary alicyclic amines) is 1. The summed E-state index contributed by atoms with van der Waals surface area (Å²) in [6.07, 6.45) is 4.47. The Morgan fingerprint density at radius 3 is 2.52 bits per heavy atom. The summed E-state index contributed by atoms with van der Waals surface area (Å²) in [6, 6.07) is 14.9. The molecule has 25 heavy (non-hydrogen) atoms. The van der Waals surface area contributed by atoms with Crippen LogP contribution in [0.3, 0.4) is 0 Å². The fourth-order valence-corrected chi connectivity index (χ4v) is 3.56. The number of nitrogens with zero attached hydrogens (tertiary/aromatic N) is 1. The number of hydrogen-bond acceptors (Lipinski definition) is 1. The van der Waals surface area contributed by atoms with E-state index in [1.54, 1.807) is 0 Å². The summed E-state index contributed by atoms with van der Waals surface area (Å²) in [6.45, 7) is 7.05. The molecule has 0 spiro atoms. The SMILES string of the molecule is Cc1ccc([C@H]2CCCCCN2C(=O)Nc2cccc(C)c2C)cc1. The number of aryl methyl sites for hydroxylation is 2. The maximum Gasteiger partial charge on any atom is 0.322 e. The lowest BCUT2D eigenvalue weighted by Crippen LogP contribution is -2.38. The molecule has 3 heteroatoms. The number of carbonyl (C=O) groups is 1. The molecule has 1 N–H and O–H groups in total. The molecule has 0 aliphatic carbocycles. The van der Waals surface area contributed by atoms with Gasteiger partial charge in [0.1, 0.15) is 0 Å². The number of urea groups is 1. The molecule has 1 heterocycles. The average molecular weight is 336 g/mol. The first-order valence-corrected chi connectivity index (χ1v) is 9.26. The fourth-order valence-electron chi connectivity index (χ4n) is 3.56. The first-order chi connectivity index (χ1) is 12.1. The van der Waals surface area contributed by atoms with Crippen molar-refractivity contribution in [2.45, 2.75) is 52.5 Å². The Morgan fingerprint density at radius 2 is 1.76 bits per heavy atom. The molecule has 2 aromatic rings. The highest BCUT2D eigenvalue weighted by Crippen LogP contribution is 2.31. The minimum atomic E-state index is 0.0150. The van der Waals surface area contributed by atoms with Crippen LogP contribution in [0.4, 0.5) is 10.5 Å². The van der Waals surface area contributed by atoms with Crippen LogP contribution in [-0.4, -0.2) is 17.5 Å². The molecule has 2 aromatic carbocycles. The van der Waals surface area contributed by atoms with Gasteiger partial charge in [-0.2, -0.15) is 0 Å². The number of nitrogens with one attached hydrogen (secondary N) is 1. The second kappa shape index (κ2) is 7.73. The Morgan fingerprint density at radius 1 is 1.00 bits per heavy atom. The van der Waals surface area contributed by atoms with Gasteiger partial charge in [-0.1, -0.05) is 54.8 Å². The van der Waals surface area contributed by atoms with Crippen LogP contribution in [0.5, 0.6) is 0 Å². The zero-order valence-corrected chi connectivity index (χ0v) is 15.5. The first kappa shape index (κ1) is 17.5. The van der Waals surface area contributed by atoms with Gasteiger partial charge in [0, 0.05) is 12.2 Å². The van der Waals surface area contributed by atoms with Crippen molar-refractivity contribution in [2.24, 2.45) is 0 Å². The van der Waals surface area contributed by atoms with Gasteiger partial charge in [0.2, 0.25) is 0 Å². The van der Waals surface area contributed by atoms with E-state index in [0.29, 0.717) is 0 Å². The maximum atomic E-state index is 13.0. The molecule has 1 saturated heterocycles. The highest BCUT2D eigenvalue weighted by atomic mass is 16.2. The van der Waals surface area contributed by atoms with Crippen molar-refractivity contribution in [3.63, 3.8) is 0 Å². The van der Waals surface area contributed by atoms with Crippen LogP contribution in [0.1, 0.15) is 54.0 Å². The summed E-state index contributed by atoms with van der Waals surface area (Å²) in [4.78, 5) is 15.1. The van der Waals surface area contributed by atoms with Gasteiger partial charge in [0.25, 0.3) is 0 Å². The van der Waals surface area contributed by atoms with E-state index in [1.165, 1.54) is 29.5 Å². The molecule has 0 radical (unpaired) electrons. The average Bonchev–Trinajstić information content (AvgIpc) is 2.86. The van der Waals surface area contributed by atoms with E-state index in [9.17, 15) is 4.79 Å². The number of amides is 2. The topological polar surface area (TPSA) is 32.3 Å². The van der Waals surface area contributed by atoms with E-state index in [1.807, 2.05) is 17.0 Å². The lowest BCUT2D eigenvalue weighted by Gasteiger charge is -2.31. The van der Waals surface area contributed by atoms with Crippen LogP contribution in [0.25, 0.3) is 0 Å². The molecule has 0 bridgehead atoms. The van der Waals surface area contributed by atoms with Gasteiger partial charge in [-0.05, 0) is 56.4 Å². The molecule has 1 fully saturated rings. The lowest BCUT2D eigenvalue weighted by molar-refractivity contribution is 0.189. The molecular weight excluding hydrogens is 308 g/mol. The minimum absolute atomic E-state index is 0.0150. The number of rotatable bonds is 2. The van der Waals surface area contributed by atoms with Crippen molar-refractivity contribution >= 4 is 11.7 Å². The summed E-state index contributed by atoms with van der Waals surface area (Å²) in [5.74, 6) is 0. The highest BCUT2D eigenvalue weighted by molar-refractivity contribution is 5.90. The molecule has 1 atom stereocenters. The van der Waals surface area contributed by atoms with Crippen molar-refractivity contribution in [1.82, 2.24) is 4.90 Å². The largest absolute Gasteiger partial charge is 0.322 e. The van der Waals surface area contributed by atoms with E-state index >= 15 is 0 Å².